The fourth-order valence-electron chi connectivity index (χ4n) is 3.70. The highest BCUT2D eigenvalue weighted by Gasteiger charge is 2.23. The number of likely N-dealkylation sites (tertiary alicyclic amines) is 1. The summed E-state index contributed by atoms with van der Waals surface area (Å²) in [6.07, 6.45) is 5.62. The lowest BCUT2D eigenvalue weighted by Crippen LogP contribution is -2.47. The van der Waals surface area contributed by atoms with Gasteiger partial charge in [0.05, 0.1) is 11.3 Å². The number of carbonyl (C=O) groups excluding carboxylic acids is 1. The lowest BCUT2D eigenvalue weighted by Gasteiger charge is -2.33. The molecule has 1 amide bonds. The van der Waals surface area contributed by atoms with E-state index in [1.54, 1.807) is 10.9 Å². The van der Waals surface area contributed by atoms with Crippen LogP contribution in [0.5, 0.6) is 0 Å². The van der Waals surface area contributed by atoms with E-state index in [4.69, 9.17) is 11.6 Å². The average Bonchev–Trinajstić information content (AvgIpc) is 3.25. The second-order valence-electron chi connectivity index (χ2n) is 7.14. The Balaban J connectivity index is 1.41. The Bertz CT molecular complexity index is 924. The molecule has 1 saturated heterocycles. The SMILES string of the molecule is O=C(N[C@@H]1CCCN(Cc2ccc(Cl)cc2)C1)c1ccccc1-n1cccn1. The van der Waals surface area contributed by atoms with Gasteiger partial charge < -0.3 is 5.32 Å². The van der Waals surface area contributed by atoms with Crippen molar-refractivity contribution in [2.45, 2.75) is 25.4 Å². The van der Waals surface area contributed by atoms with Crippen LogP contribution in [0.15, 0.2) is 67.0 Å². The van der Waals surface area contributed by atoms with Crippen molar-refractivity contribution in [3.8, 4) is 5.69 Å². The summed E-state index contributed by atoms with van der Waals surface area (Å²) in [6.45, 7) is 2.75. The van der Waals surface area contributed by atoms with Crippen LogP contribution in [0.4, 0.5) is 0 Å². The normalized spacial score (nSPS) is 17.4. The molecule has 1 fully saturated rings. The molecule has 6 heteroatoms. The number of piperidine rings is 1. The molecule has 0 saturated carbocycles. The largest absolute Gasteiger partial charge is 0.348 e. The monoisotopic (exact) mass is 394 g/mol. The van der Waals surface area contributed by atoms with Crippen LogP contribution in [0.25, 0.3) is 5.69 Å². The topological polar surface area (TPSA) is 50.2 Å². The van der Waals surface area contributed by atoms with Gasteiger partial charge >= 0.3 is 0 Å². The standard InChI is InChI=1S/C22H23ClN4O/c23-18-10-8-17(9-11-18)15-26-13-3-5-19(16-26)25-22(28)20-6-1-2-7-21(20)27-14-4-12-24-27/h1-2,4,6-12,14,19H,3,5,13,15-16H2,(H,25,28)/t19-/m1/s1. The van der Waals surface area contributed by atoms with Gasteiger partial charge in [-0.05, 0) is 55.3 Å². The summed E-state index contributed by atoms with van der Waals surface area (Å²) in [5, 5.41) is 8.23. The van der Waals surface area contributed by atoms with Gasteiger partial charge in [-0.15, -0.1) is 0 Å². The van der Waals surface area contributed by atoms with Gasteiger partial charge in [0.1, 0.15) is 0 Å². The molecule has 1 aliphatic heterocycles. The second-order valence-corrected chi connectivity index (χ2v) is 7.58. The molecule has 3 aromatic rings. The van der Waals surface area contributed by atoms with Crippen LogP contribution in [0.1, 0.15) is 28.8 Å². The van der Waals surface area contributed by atoms with E-state index < -0.39 is 0 Å². The van der Waals surface area contributed by atoms with Crippen molar-refractivity contribution >= 4 is 17.5 Å². The maximum Gasteiger partial charge on any atom is 0.253 e. The first-order valence-electron chi connectivity index (χ1n) is 9.56. The minimum absolute atomic E-state index is 0.0514. The Morgan fingerprint density at radius 2 is 1.96 bits per heavy atom. The second kappa shape index (κ2) is 8.59. The maximum atomic E-state index is 12.9. The van der Waals surface area contributed by atoms with Crippen molar-refractivity contribution in [2.24, 2.45) is 0 Å². The molecule has 0 aliphatic carbocycles. The predicted octanol–water partition coefficient (Wildman–Crippen LogP) is 3.92. The highest BCUT2D eigenvalue weighted by molar-refractivity contribution is 6.30. The Morgan fingerprint density at radius 1 is 1.14 bits per heavy atom. The molecular weight excluding hydrogens is 372 g/mol. The first-order chi connectivity index (χ1) is 13.7. The third-order valence-corrected chi connectivity index (χ3v) is 5.31. The molecule has 0 bridgehead atoms. The number of hydrogen-bond acceptors (Lipinski definition) is 3. The number of rotatable bonds is 5. The van der Waals surface area contributed by atoms with Crippen LogP contribution >= 0.6 is 11.6 Å². The van der Waals surface area contributed by atoms with Gasteiger partial charge in [-0.3, -0.25) is 9.69 Å². The van der Waals surface area contributed by atoms with Crippen molar-refractivity contribution in [1.29, 1.82) is 0 Å². The highest BCUT2D eigenvalue weighted by atomic mass is 35.5. The number of nitrogens with one attached hydrogen (secondary N) is 1. The molecule has 1 aliphatic rings. The van der Waals surface area contributed by atoms with E-state index in [2.05, 4.69) is 27.4 Å². The number of para-hydroxylation sites is 1. The van der Waals surface area contributed by atoms with Crippen LogP contribution < -0.4 is 5.32 Å². The van der Waals surface area contributed by atoms with E-state index in [9.17, 15) is 4.79 Å². The molecule has 1 atom stereocenters. The first-order valence-corrected chi connectivity index (χ1v) is 9.93. The van der Waals surface area contributed by atoms with Crippen molar-refractivity contribution in [3.05, 3.63) is 83.1 Å². The smallest absolute Gasteiger partial charge is 0.253 e. The Hall–Kier alpha value is -2.63. The van der Waals surface area contributed by atoms with E-state index in [0.717, 1.165) is 43.2 Å². The van der Waals surface area contributed by atoms with Crippen molar-refractivity contribution in [2.75, 3.05) is 13.1 Å². The Morgan fingerprint density at radius 3 is 2.75 bits per heavy atom. The van der Waals surface area contributed by atoms with Crippen LogP contribution in [0, 0.1) is 0 Å². The molecule has 1 aromatic heterocycles. The first kappa shape index (κ1) is 18.7. The third kappa shape index (κ3) is 4.43. The summed E-state index contributed by atoms with van der Waals surface area (Å²) in [5.41, 5.74) is 2.67. The lowest BCUT2D eigenvalue weighted by atomic mass is 10.0. The molecule has 5 nitrogen and oxygen atoms in total. The quantitative estimate of drug-likeness (QED) is 0.713. The van der Waals surface area contributed by atoms with Gasteiger partial charge in [-0.2, -0.15) is 5.10 Å². The Labute approximate surface area is 169 Å². The minimum Gasteiger partial charge on any atom is -0.348 e. The number of hydrogen-bond donors (Lipinski definition) is 1. The van der Waals surface area contributed by atoms with E-state index >= 15 is 0 Å². The number of nitrogens with zero attached hydrogens (tertiary/aromatic N) is 3. The van der Waals surface area contributed by atoms with Gasteiger partial charge in [0.2, 0.25) is 0 Å². The molecule has 0 spiro atoms. The number of benzene rings is 2. The van der Waals surface area contributed by atoms with Gasteiger partial charge in [0.25, 0.3) is 5.91 Å². The molecule has 2 heterocycles. The van der Waals surface area contributed by atoms with Crippen molar-refractivity contribution in [1.82, 2.24) is 20.0 Å². The predicted molar refractivity (Wildman–Crippen MR) is 111 cm³/mol. The van der Waals surface area contributed by atoms with Crippen LogP contribution in [0.3, 0.4) is 0 Å². The maximum absolute atomic E-state index is 12.9. The van der Waals surface area contributed by atoms with Gasteiger partial charge in [0, 0.05) is 36.5 Å². The van der Waals surface area contributed by atoms with E-state index in [0.29, 0.717) is 5.56 Å². The van der Waals surface area contributed by atoms with Crippen LogP contribution in [-0.2, 0) is 6.54 Å². The zero-order chi connectivity index (χ0) is 19.3. The summed E-state index contributed by atoms with van der Waals surface area (Å²) in [6, 6.07) is 17.5. The Kier molecular flexibility index (Phi) is 5.74. The third-order valence-electron chi connectivity index (χ3n) is 5.06. The molecular formula is C22H23ClN4O. The van der Waals surface area contributed by atoms with E-state index in [1.165, 1.54) is 5.56 Å². The number of carbonyl (C=O) groups is 1. The zero-order valence-corrected chi connectivity index (χ0v) is 16.3. The lowest BCUT2D eigenvalue weighted by molar-refractivity contribution is 0.0900. The average molecular weight is 395 g/mol. The van der Waals surface area contributed by atoms with E-state index in [-0.39, 0.29) is 11.9 Å². The van der Waals surface area contributed by atoms with Gasteiger partial charge in [-0.25, -0.2) is 4.68 Å². The van der Waals surface area contributed by atoms with E-state index in [1.807, 2.05) is 48.7 Å². The van der Waals surface area contributed by atoms with Crippen molar-refractivity contribution < 1.29 is 4.79 Å². The number of halogens is 1. The number of aromatic nitrogens is 2. The molecule has 2 aromatic carbocycles. The fourth-order valence-corrected chi connectivity index (χ4v) is 3.83. The minimum atomic E-state index is -0.0514. The molecule has 0 radical (unpaired) electrons. The zero-order valence-electron chi connectivity index (χ0n) is 15.6. The van der Waals surface area contributed by atoms with Gasteiger partial charge in [-0.1, -0.05) is 35.9 Å². The number of amides is 1. The summed E-state index contributed by atoms with van der Waals surface area (Å²) in [7, 11) is 0. The molecule has 28 heavy (non-hydrogen) atoms. The molecule has 1 N–H and O–H groups in total. The van der Waals surface area contributed by atoms with Crippen LogP contribution in [0.2, 0.25) is 5.02 Å². The summed E-state index contributed by atoms with van der Waals surface area (Å²) in [5.74, 6) is -0.0514. The van der Waals surface area contributed by atoms with Gasteiger partial charge in [0.15, 0.2) is 0 Å². The summed E-state index contributed by atoms with van der Waals surface area (Å²) >= 11 is 5.98. The summed E-state index contributed by atoms with van der Waals surface area (Å²) in [4.78, 5) is 15.3. The fraction of sp³-hybridized carbons (Fsp3) is 0.273. The molecule has 0 unspecified atom stereocenters. The molecule has 4 rings (SSSR count). The van der Waals surface area contributed by atoms with Crippen LogP contribution in [-0.4, -0.2) is 39.7 Å². The molecule has 144 valence electrons. The summed E-state index contributed by atoms with van der Waals surface area (Å²) < 4.78 is 1.72. The highest BCUT2D eigenvalue weighted by Crippen LogP contribution is 2.18. The van der Waals surface area contributed by atoms with Crippen molar-refractivity contribution in [3.63, 3.8) is 0 Å².